The molecule has 2 N–H and O–H groups in total. The molecule has 3 rings (SSSR count). The lowest BCUT2D eigenvalue weighted by molar-refractivity contribution is -0.121. The van der Waals surface area contributed by atoms with Crippen LogP contribution in [0.25, 0.3) is 10.9 Å². The predicted octanol–water partition coefficient (Wildman–Crippen LogP) is 4.65. The third kappa shape index (κ3) is 5.28. The zero-order chi connectivity index (χ0) is 19.2. The van der Waals surface area contributed by atoms with Crippen LogP contribution in [-0.4, -0.2) is 15.5 Å². The van der Waals surface area contributed by atoms with Crippen molar-refractivity contribution in [3.63, 3.8) is 0 Å². The Morgan fingerprint density at radius 1 is 1.19 bits per heavy atom. The molecule has 142 valence electrons. The highest BCUT2D eigenvalue weighted by Crippen LogP contribution is 2.21. The fourth-order valence-corrected chi connectivity index (χ4v) is 4.17. The number of unbranched alkanes of at least 4 members (excludes halogenated alkanes) is 2. The van der Waals surface area contributed by atoms with Gasteiger partial charge < -0.3 is 10.3 Å². The van der Waals surface area contributed by atoms with Crippen molar-refractivity contribution in [2.45, 2.75) is 38.8 Å². The van der Waals surface area contributed by atoms with Gasteiger partial charge in [0.2, 0.25) is 5.91 Å². The lowest BCUT2D eigenvalue weighted by atomic mass is 10.2. The Balaban J connectivity index is 1.44. The molecule has 1 aromatic carbocycles. The molecular formula is C19H20ClN3O2S2. The molecule has 2 aromatic heterocycles. The van der Waals surface area contributed by atoms with E-state index >= 15 is 0 Å². The van der Waals surface area contributed by atoms with Crippen LogP contribution >= 0.6 is 35.2 Å². The molecule has 0 saturated carbocycles. The zero-order valence-corrected chi connectivity index (χ0v) is 17.1. The van der Waals surface area contributed by atoms with Crippen molar-refractivity contribution in [1.82, 2.24) is 14.9 Å². The maximum absolute atomic E-state index is 12.5. The molecule has 3 aromatic rings. The number of halogens is 1. The standard InChI is InChI=1S/C19H20ClN3O2S2/c20-16-10-9-13(27-16)12-21-17(24)8-2-1-5-11-23-18(25)14-6-3-4-7-15(14)22-19(23)26/h3-4,6-7,9-10H,1-2,5,8,11-12H2,(H,21,24)(H,22,26). The van der Waals surface area contributed by atoms with E-state index in [1.807, 2.05) is 30.3 Å². The number of hydrogen-bond acceptors (Lipinski definition) is 4. The molecule has 0 aliphatic rings. The number of fused-ring (bicyclic) bond motifs is 1. The Labute approximate surface area is 171 Å². The smallest absolute Gasteiger partial charge is 0.262 e. The number of nitrogens with zero attached hydrogens (tertiary/aromatic N) is 1. The van der Waals surface area contributed by atoms with Crippen molar-refractivity contribution in [1.29, 1.82) is 0 Å². The van der Waals surface area contributed by atoms with Crippen LogP contribution in [0.15, 0.2) is 41.2 Å². The quantitative estimate of drug-likeness (QED) is 0.411. The van der Waals surface area contributed by atoms with Crippen molar-refractivity contribution in [2.24, 2.45) is 0 Å². The molecule has 0 saturated heterocycles. The van der Waals surface area contributed by atoms with Crippen LogP contribution in [-0.2, 0) is 17.9 Å². The van der Waals surface area contributed by atoms with Gasteiger partial charge in [-0.3, -0.25) is 14.2 Å². The lowest BCUT2D eigenvalue weighted by Gasteiger charge is -2.08. The Hall–Kier alpha value is -1.96. The van der Waals surface area contributed by atoms with Crippen LogP contribution in [0.2, 0.25) is 4.34 Å². The minimum absolute atomic E-state index is 0.0275. The Morgan fingerprint density at radius 2 is 2.00 bits per heavy atom. The molecule has 2 heterocycles. The molecule has 27 heavy (non-hydrogen) atoms. The summed E-state index contributed by atoms with van der Waals surface area (Å²) in [5.74, 6) is 0.0275. The predicted molar refractivity (Wildman–Crippen MR) is 113 cm³/mol. The van der Waals surface area contributed by atoms with Crippen LogP contribution in [0, 0.1) is 4.77 Å². The first kappa shape index (κ1) is 19.8. The van der Waals surface area contributed by atoms with Crippen LogP contribution in [0.4, 0.5) is 0 Å². The highest BCUT2D eigenvalue weighted by Gasteiger charge is 2.06. The number of benzene rings is 1. The van der Waals surface area contributed by atoms with Gasteiger partial charge in [0, 0.05) is 17.8 Å². The van der Waals surface area contributed by atoms with Crippen molar-refractivity contribution in [3.05, 3.63) is 60.7 Å². The molecule has 8 heteroatoms. The van der Waals surface area contributed by atoms with E-state index < -0.39 is 0 Å². The zero-order valence-electron chi connectivity index (χ0n) is 14.7. The molecule has 0 aliphatic carbocycles. The summed E-state index contributed by atoms with van der Waals surface area (Å²) < 4.78 is 2.76. The van der Waals surface area contributed by atoms with Gasteiger partial charge in [-0.25, -0.2) is 0 Å². The molecule has 0 atom stereocenters. The average Bonchev–Trinajstić information content (AvgIpc) is 3.07. The van der Waals surface area contributed by atoms with Crippen LogP contribution in [0.1, 0.15) is 30.6 Å². The largest absolute Gasteiger partial charge is 0.351 e. The Kier molecular flexibility index (Phi) is 6.82. The number of nitrogens with one attached hydrogen (secondary N) is 2. The van der Waals surface area contributed by atoms with E-state index in [0.717, 1.165) is 34.0 Å². The number of para-hydroxylation sites is 1. The van der Waals surface area contributed by atoms with Gasteiger partial charge in [0.1, 0.15) is 0 Å². The number of rotatable bonds is 8. The van der Waals surface area contributed by atoms with Gasteiger partial charge in [0.25, 0.3) is 5.56 Å². The summed E-state index contributed by atoms with van der Waals surface area (Å²) in [6.45, 7) is 1.06. The first-order chi connectivity index (χ1) is 13.0. The number of carbonyl (C=O) groups is 1. The number of hydrogen-bond donors (Lipinski definition) is 2. The topological polar surface area (TPSA) is 66.9 Å². The summed E-state index contributed by atoms with van der Waals surface area (Å²) >= 11 is 12.6. The fraction of sp³-hybridized carbons (Fsp3) is 0.316. The summed E-state index contributed by atoms with van der Waals surface area (Å²) in [7, 11) is 0. The maximum Gasteiger partial charge on any atom is 0.262 e. The SMILES string of the molecule is O=C(CCCCCn1c(=S)[nH]c2ccccc2c1=O)NCc1ccc(Cl)s1. The molecule has 0 radical (unpaired) electrons. The molecule has 0 bridgehead atoms. The summed E-state index contributed by atoms with van der Waals surface area (Å²) in [6, 6.07) is 11.1. The van der Waals surface area contributed by atoms with Gasteiger partial charge in [-0.2, -0.15) is 0 Å². The first-order valence-electron chi connectivity index (χ1n) is 8.77. The van der Waals surface area contributed by atoms with Crippen molar-refractivity contribution >= 4 is 52.0 Å². The van der Waals surface area contributed by atoms with E-state index in [1.54, 1.807) is 10.6 Å². The van der Waals surface area contributed by atoms with Crippen LogP contribution < -0.4 is 10.9 Å². The van der Waals surface area contributed by atoms with E-state index in [2.05, 4.69) is 10.3 Å². The third-order valence-corrected chi connectivity index (χ3v) is 5.82. The van der Waals surface area contributed by atoms with Crippen molar-refractivity contribution in [3.8, 4) is 0 Å². The highest BCUT2D eigenvalue weighted by molar-refractivity contribution is 7.71. The second-order valence-electron chi connectivity index (χ2n) is 6.23. The summed E-state index contributed by atoms with van der Waals surface area (Å²) in [5.41, 5.74) is 0.689. The molecule has 5 nitrogen and oxygen atoms in total. The van der Waals surface area contributed by atoms with Gasteiger partial charge in [-0.15, -0.1) is 11.3 Å². The Morgan fingerprint density at radius 3 is 2.78 bits per heavy atom. The van der Waals surface area contributed by atoms with Gasteiger partial charge in [0.15, 0.2) is 4.77 Å². The van der Waals surface area contributed by atoms with E-state index in [0.29, 0.717) is 29.7 Å². The van der Waals surface area contributed by atoms with Gasteiger partial charge >= 0.3 is 0 Å². The number of aromatic amines is 1. The molecule has 0 spiro atoms. The van der Waals surface area contributed by atoms with E-state index in [-0.39, 0.29) is 11.5 Å². The summed E-state index contributed by atoms with van der Waals surface area (Å²) in [6.07, 6.45) is 2.89. The summed E-state index contributed by atoms with van der Waals surface area (Å²) in [5, 5.41) is 3.53. The average molecular weight is 422 g/mol. The first-order valence-corrected chi connectivity index (χ1v) is 10.4. The Bertz CT molecular complexity index is 1050. The molecule has 0 unspecified atom stereocenters. The number of carbonyl (C=O) groups excluding carboxylic acids is 1. The number of H-pyrrole nitrogens is 1. The number of thiophene rings is 1. The molecular weight excluding hydrogens is 402 g/mol. The highest BCUT2D eigenvalue weighted by atomic mass is 35.5. The number of aromatic nitrogens is 2. The van der Waals surface area contributed by atoms with E-state index in [1.165, 1.54) is 11.3 Å². The second-order valence-corrected chi connectivity index (χ2v) is 8.41. The second kappa shape index (κ2) is 9.30. The van der Waals surface area contributed by atoms with Crippen LogP contribution in [0.5, 0.6) is 0 Å². The van der Waals surface area contributed by atoms with Gasteiger partial charge in [0.05, 0.1) is 21.8 Å². The molecule has 0 aliphatic heterocycles. The van der Waals surface area contributed by atoms with E-state index in [9.17, 15) is 9.59 Å². The monoisotopic (exact) mass is 421 g/mol. The maximum atomic E-state index is 12.5. The van der Waals surface area contributed by atoms with Crippen LogP contribution in [0.3, 0.4) is 0 Å². The minimum atomic E-state index is -0.0679. The van der Waals surface area contributed by atoms with E-state index in [4.69, 9.17) is 23.8 Å². The number of amides is 1. The third-order valence-electron chi connectivity index (χ3n) is 4.26. The van der Waals surface area contributed by atoms with Crippen molar-refractivity contribution in [2.75, 3.05) is 0 Å². The molecule has 0 fully saturated rings. The van der Waals surface area contributed by atoms with Gasteiger partial charge in [-0.1, -0.05) is 30.2 Å². The minimum Gasteiger partial charge on any atom is -0.351 e. The summed E-state index contributed by atoms with van der Waals surface area (Å²) in [4.78, 5) is 28.6. The molecule has 1 amide bonds. The van der Waals surface area contributed by atoms with Gasteiger partial charge in [-0.05, 0) is 49.3 Å². The normalized spacial score (nSPS) is 11.0. The fourth-order valence-electron chi connectivity index (χ4n) is 2.86. The van der Waals surface area contributed by atoms with Crippen molar-refractivity contribution < 1.29 is 4.79 Å². The lowest BCUT2D eigenvalue weighted by Crippen LogP contribution is -2.23.